The van der Waals surface area contributed by atoms with Gasteiger partial charge in [-0.15, -0.1) is 12.4 Å². The van der Waals surface area contributed by atoms with E-state index < -0.39 is 6.04 Å². The van der Waals surface area contributed by atoms with Gasteiger partial charge >= 0.3 is 0 Å². The Labute approximate surface area is 124 Å². The van der Waals surface area contributed by atoms with E-state index in [0.29, 0.717) is 25.1 Å². The third kappa shape index (κ3) is 6.49. The van der Waals surface area contributed by atoms with Crippen molar-refractivity contribution in [3.63, 3.8) is 0 Å². The molecule has 7 heteroatoms. The minimum absolute atomic E-state index is 0. The number of amides is 2. The average molecular weight is 301 g/mol. The summed E-state index contributed by atoms with van der Waals surface area (Å²) >= 11 is 0. The lowest BCUT2D eigenvalue weighted by atomic mass is 10.2. The van der Waals surface area contributed by atoms with Gasteiger partial charge in [0.1, 0.15) is 0 Å². The molecule has 1 rings (SSSR count). The summed E-state index contributed by atoms with van der Waals surface area (Å²) in [5, 5.41) is 5.37. The van der Waals surface area contributed by atoms with E-state index in [2.05, 4.69) is 15.6 Å². The van der Waals surface area contributed by atoms with Crippen molar-refractivity contribution in [1.82, 2.24) is 15.6 Å². The molecule has 0 aliphatic carbocycles. The van der Waals surface area contributed by atoms with Gasteiger partial charge in [-0.2, -0.15) is 0 Å². The van der Waals surface area contributed by atoms with Crippen LogP contribution in [0.25, 0.3) is 0 Å². The first-order valence-electron chi connectivity index (χ1n) is 6.36. The van der Waals surface area contributed by atoms with E-state index >= 15 is 0 Å². The number of aromatic nitrogens is 1. The fourth-order valence-corrected chi connectivity index (χ4v) is 1.53. The first kappa shape index (κ1) is 18.3. The van der Waals surface area contributed by atoms with Gasteiger partial charge in [-0.3, -0.25) is 14.6 Å². The Morgan fingerprint density at radius 1 is 1.35 bits per heavy atom. The van der Waals surface area contributed by atoms with E-state index in [9.17, 15) is 9.59 Å². The van der Waals surface area contributed by atoms with Crippen molar-refractivity contribution in [3.8, 4) is 0 Å². The highest BCUT2D eigenvalue weighted by Gasteiger charge is 2.11. The van der Waals surface area contributed by atoms with E-state index in [1.54, 1.807) is 18.3 Å². The smallest absolute Gasteiger partial charge is 0.252 e. The number of carbonyl (C=O) groups excluding carboxylic acids is 2. The molecule has 0 aromatic carbocycles. The Balaban J connectivity index is 0.00000361. The van der Waals surface area contributed by atoms with Crippen LogP contribution >= 0.6 is 12.4 Å². The summed E-state index contributed by atoms with van der Waals surface area (Å²) in [5.74, 6) is -0.391. The van der Waals surface area contributed by atoms with Gasteiger partial charge in [-0.05, 0) is 18.6 Å². The first-order chi connectivity index (χ1) is 9.15. The molecule has 4 N–H and O–H groups in total. The van der Waals surface area contributed by atoms with Gasteiger partial charge in [0.2, 0.25) is 5.91 Å². The van der Waals surface area contributed by atoms with Crippen molar-refractivity contribution in [2.24, 2.45) is 5.73 Å². The molecule has 20 heavy (non-hydrogen) atoms. The number of hydrogen-bond donors (Lipinski definition) is 3. The molecule has 0 saturated heterocycles. The average Bonchev–Trinajstić information content (AvgIpc) is 2.44. The Morgan fingerprint density at radius 3 is 2.65 bits per heavy atom. The molecule has 1 heterocycles. The summed E-state index contributed by atoms with van der Waals surface area (Å²) in [6, 6.07) is 2.90. The van der Waals surface area contributed by atoms with Gasteiger partial charge in [0.05, 0.1) is 11.6 Å². The summed E-state index contributed by atoms with van der Waals surface area (Å²) in [6.07, 6.45) is 4.62. The Hall–Kier alpha value is -1.66. The van der Waals surface area contributed by atoms with Crippen molar-refractivity contribution >= 4 is 24.2 Å². The van der Waals surface area contributed by atoms with Crippen molar-refractivity contribution in [2.45, 2.75) is 25.8 Å². The SMILES string of the molecule is CCCC(N)C(=O)NCCNC(=O)c1cccnc1.Cl. The van der Waals surface area contributed by atoms with E-state index in [0.717, 1.165) is 6.42 Å². The standard InChI is InChI=1S/C13H20N4O2.ClH/c1-2-4-11(14)13(19)17-8-7-16-12(18)10-5-3-6-15-9-10;/h3,5-6,9,11H,2,4,7-8,14H2,1H3,(H,16,18)(H,17,19);1H. The van der Waals surface area contributed by atoms with Crippen LogP contribution in [0.3, 0.4) is 0 Å². The van der Waals surface area contributed by atoms with Gasteiger partial charge in [0.25, 0.3) is 5.91 Å². The highest BCUT2D eigenvalue weighted by atomic mass is 35.5. The van der Waals surface area contributed by atoms with Crippen LogP contribution < -0.4 is 16.4 Å². The van der Waals surface area contributed by atoms with Crippen molar-refractivity contribution < 1.29 is 9.59 Å². The molecule has 1 aromatic heterocycles. The molecular formula is C13H21ClN4O2. The Morgan fingerprint density at radius 2 is 2.05 bits per heavy atom. The molecule has 0 aliphatic rings. The summed E-state index contributed by atoms with van der Waals surface area (Å²) in [4.78, 5) is 27.0. The monoisotopic (exact) mass is 300 g/mol. The number of pyridine rings is 1. The molecule has 0 fully saturated rings. The predicted octanol–water partition coefficient (Wildman–Crippen LogP) is 0.477. The summed E-state index contributed by atoms with van der Waals surface area (Å²) in [5.41, 5.74) is 6.15. The summed E-state index contributed by atoms with van der Waals surface area (Å²) in [7, 11) is 0. The zero-order chi connectivity index (χ0) is 14.1. The lowest BCUT2D eigenvalue weighted by molar-refractivity contribution is -0.122. The molecule has 6 nitrogen and oxygen atoms in total. The molecular weight excluding hydrogens is 280 g/mol. The maximum atomic E-state index is 11.6. The topological polar surface area (TPSA) is 97.1 Å². The predicted molar refractivity (Wildman–Crippen MR) is 79.7 cm³/mol. The minimum Gasteiger partial charge on any atom is -0.353 e. The maximum absolute atomic E-state index is 11.6. The molecule has 0 bridgehead atoms. The number of rotatable bonds is 7. The van der Waals surface area contributed by atoms with Gasteiger partial charge in [0.15, 0.2) is 0 Å². The van der Waals surface area contributed by atoms with Gasteiger partial charge in [0, 0.05) is 25.5 Å². The zero-order valence-electron chi connectivity index (χ0n) is 11.5. The number of nitrogens with one attached hydrogen (secondary N) is 2. The van der Waals surface area contributed by atoms with Crippen LogP contribution in [0.2, 0.25) is 0 Å². The van der Waals surface area contributed by atoms with E-state index in [1.165, 1.54) is 6.20 Å². The van der Waals surface area contributed by atoms with Crippen molar-refractivity contribution in [1.29, 1.82) is 0 Å². The molecule has 0 aliphatic heterocycles. The fraction of sp³-hybridized carbons (Fsp3) is 0.462. The van der Waals surface area contributed by atoms with Crippen LogP contribution in [-0.2, 0) is 4.79 Å². The van der Waals surface area contributed by atoms with Crippen LogP contribution in [0.1, 0.15) is 30.1 Å². The van der Waals surface area contributed by atoms with Gasteiger partial charge < -0.3 is 16.4 Å². The molecule has 2 amide bonds. The largest absolute Gasteiger partial charge is 0.353 e. The third-order valence-corrected chi connectivity index (χ3v) is 2.57. The van der Waals surface area contributed by atoms with Crippen LogP contribution in [0.15, 0.2) is 24.5 Å². The number of hydrogen-bond acceptors (Lipinski definition) is 4. The highest BCUT2D eigenvalue weighted by Crippen LogP contribution is 1.94. The van der Waals surface area contributed by atoms with Gasteiger partial charge in [-0.1, -0.05) is 13.3 Å². The van der Waals surface area contributed by atoms with Crippen LogP contribution in [-0.4, -0.2) is 35.9 Å². The maximum Gasteiger partial charge on any atom is 0.252 e. The van der Waals surface area contributed by atoms with Crippen LogP contribution in [0.5, 0.6) is 0 Å². The lowest BCUT2D eigenvalue weighted by Crippen LogP contribution is -2.43. The molecule has 112 valence electrons. The fourth-order valence-electron chi connectivity index (χ4n) is 1.53. The number of halogens is 1. The Bertz CT molecular complexity index is 414. The summed E-state index contributed by atoms with van der Waals surface area (Å²) in [6.45, 7) is 2.70. The van der Waals surface area contributed by atoms with E-state index in [1.807, 2.05) is 6.92 Å². The summed E-state index contributed by atoms with van der Waals surface area (Å²) < 4.78 is 0. The lowest BCUT2D eigenvalue weighted by Gasteiger charge is -2.11. The molecule has 0 radical (unpaired) electrons. The zero-order valence-corrected chi connectivity index (χ0v) is 12.3. The normalized spacial score (nSPS) is 11.1. The number of carbonyl (C=O) groups is 2. The van der Waals surface area contributed by atoms with E-state index in [-0.39, 0.29) is 24.2 Å². The van der Waals surface area contributed by atoms with E-state index in [4.69, 9.17) is 5.73 Å². The third-order valence-electron chi connectivity index (χ3n) is 2.57. The second kappa shape index (κ2) is 10.2. The molecule has 0 spiro atoms. The number of nitrogens with two attached hydrogens (primary N) is 1. The van der Waals surface area contributed by atoms with Crippen LogP contribution in [0.4, 0.5) is 0 Å². The molecule has 0 saturated carbocycles. The van der Waals surface area contributed by atoms with Gasteiger partial charge in [-0.25, -0.2) is 0 Å². The molecule has 1 unspecified atom stereocenters. The minimum atomic E-state index is -0.473. The Kier molecular flexibility index (Phi) is 9.32. The molecule has 1 atom stereocenters. The first-order valence-corrected chi connectivity index (χ1v) is 6.36. The number of nitrogens with zero attached hydrogens (tertiary/aromatic N) is 1. The van der Waals surface area contributed by atoms with Crippen molar-refractivity contribution in [2.75, 3.05) is 13.1 Å². The second-order valence-electron chi connectivity index (χ2n) is 4.18. The quantitative estimate of drug-likeness (QED) is 0.638. The molecule has 1 aromatic rings. The van der Waals surface area contributed by atoms with Crippen LogP contribution in [0, 0.1) is 0 Å². The second-order valence-corrected chi connectivity index (χ2v) is 4.18. The highest BCUT2D eigenvalue weighted by molar-refractivity contribution is 5.93. The van der Waals surface area contributed by atoms with Crippen molar-refractivity contribution in [3.05, 3.63) is 30.1 Å².